The standard InChI is InChI=1S/C16H23BrO3/c1-10(18)12-8-11(17)6-7-13(12)19-14-9-15(2,3)20-16(14,4)5/h6-8,10,14,18H,9H2,1-5H3/t10-,14?/m0/s1. The summed E-state index contributed by atoms with van der Waals surface area (Å²) in [6.07, 6.45) is 0.229. The molecule has 1 N–H and O–H groups in total. The van der Waals surface area contributed by atoms with E-state index < -0.39 is 6.10 Å². The third kappa shape index (κ3) is 3.35. The van der Waals surface area contributed by atoms with Gasteiger partial charge in [-0.2, -0.15) is 0 Å². The maximum absolute atomic E-state index is 9.90. The molecular formula is C16H23BrO3. The van der Waals surface area contributed by atoms with Gasteiger partial charge >= 0.3 is 0 Å². The Morgan fingerprint density at radius 2 is 2.00 bits per heavy atom. The number of rotatable bonds is 3. The van der Waals surface area contributed by atoms with Crippen molar-refractivity contribution in [1.82, 2.24) is 0 Å². The summed E-state index contributed by atoms with van der Waals surface area (Å²) < 4.78 is 13.1. The molecule has 1 unspecified atom stereocenters. The predicted octanol–water partition coefficient (Wildman–Crippen LogP) is 4.23. The molecule has 0 saturated carbocycles. The van der Waals surface area contributed by atoms with Crippen LogP contribution in [0.4, 0.5) is 0 Å². The second-order valence-corrected chi connectivity index (χ2v) is 7.55. The fourth-order valence-electron chi connectivity index (χ4n) is 2.80. The summed E-state index contributed by atoms with van der Waals surface area (Å²) in [6.45, 7) is 10.0. The van der Waals surface area contributed by atoms with Gasteiger partial charge in [0.2, 0.25) is 0 Å². The monoisotopic (exact) mass is 342 g/mol. The van der Waals surface area contributed by atoms with Crippen LogP contribution >= 0.6 is 15.9 Å². The van der Waals surface area contributed by atoms with Crippen LogP contribution in [0.15, 0.2) is 22.7 Å². The predicted molar refractivity (Wildman–Crippen MR) is 83.1 cm³/mol. The highest BCUT2D eigenvalue weighted by molar-refractivity contribution is 9.10. The van der Waals surface area contributed by atoms with E-state index in [2.05, 4.69) is 29.8 Å². The number of hydrogen-bond acceptors (Lipinski definition) is 3. The Bertz CT molecular complexity index is 494. The van der Waals surface area contributed by atoms with Crippen LogP contribution in [0.2, 0.25) is 0 Å². The summed E-state index contributed by atoms with van der Waals surface area (Å²) in [7, 11) is 0. The lowest BCUT2D eigenvalue weighted by Gasteiger charge is -2.28. The Labute approximate surface area is 129 Å². The minimum Gasteiger partial charge on any atom is -0.487 e. The third-order valence-corrected chi connectivity index (χ3v) is 4.18. The van der Waals surface area contributed by atoms with Crippen LogP contribution in [0.25, 0.3) is 0 Å². The molecule has 0 aliphatic carbocycles. The van der Waals surface area contributed by atoms with Gasteiger partial charge in [-0.05, 0) is 52.8 Å². The molecule has 1 aromatic carbocycles. The Kier molecular flexibility index (Phi) is 4.20. The lowest BCUT2D eigenvalue weighted by atomic mass is 9.97. The summed E-state index contributed by atoms with van der Waals surface area (Å²) in [5.41, 5.74) is 0.265. The highest BCUT2D eigenvalue weighted by Gasteiger charge is 2.47. The minimum atomic E-state index is -0.569. The van der Waals surface area contributed by atoms with Gasteiger partial charge in [0.1, 0.15) is 17.5 Å². The lowest BCUT2D eigenvalue weighted by molar-refractivity contribution is -0.0848. The molecule has 1 aliphatic heterocycles. The van der Waals surface area contributed by atoms with Crippen molar-refractivity contribution < 1.29 is 14.6 Å². The zero-order valence-electron chi connectivity index (χ0n) is 12.7. The molecule has 1 aliphatic rings. The Hall–Kier alpha value is -0.580. The molecule has 3 nitrogen and oxygen atoms in total. The summed E-state index contributed by atoms with van der Waals surface area (Å²) in [4.78, 5) is 0. The van der Waals surface area contributed by atoms with Crippen molar-refractivity contribution >= 4 is 15.9 Å². The van der Waals surface area contributed by atoms with Crippen molar-refractivity contribution in [2.75, 3.05) is 0 Å². The molecule has 1 heterocycles. The van der Waals surface area contributed by atoms with Gasteiger partial charge in [-0.15, -0.1) is 0 Å². The molecule has 1 saturated heterocycles. The summed E-state index contributed by atoms with van der Waals surface area (Å²) in [6, 6.07) is 5.72. The van der Waals surface area contributed by atoms with E-state index in [1.54, 1.807) is 6.92 Å². The number of aliphatic hydroxyl groups is 1. The van der Waals surface area contributed by atoms with Gasteiger partial charge in [-0.25, -0.2) is 0 Å². The van der Waals surface area contributed by atoms with Crippen LogP contribution < -0.4 is 4.74 Å². The van der Waals surface area contributed by atoms with Crippen molar-refractivity contribution in [3.05, 3.63) is 28.2 Å². The number of halogens is 1. The first-order valence-electron chi connectivity index (χ1n) is 6.95. The lowest BCUT2D eigenvalue weighted by Crippen LogP contribution is -2.37. The maximum Gasteiger partial charge on any atom is 0.130 e. The molecule has 0 spiro atoms. The van der Waals surface area contributed by atoms with Crippen LogP contribution in [0.1, 0.15) is 52.7 Å². The van der Waals surface area contributed by atoms with E-state index in [9.17, 15) is 5.11 Å². The number of aliphatic hydroxyl groups excluding tert-OH is 1. The normalized spacial score (nSPS) is 25.4. The maximum atomic E-state index is 9.90. The SMILES string of the molecule is C[C@H](O)c1cc(Br)ccc1OC1CC(C)(C)OC1(C)C. The van der Waals surface area contributed by atoms with Crippen LogP contribution in [-0.4, -0.2) is 22.4 Å². The largest absolute Gasteiger partial charge is 0.487 e. The van der Waals surface area contributed by atoms with E-state index in [1.807, 2.05) is 32.0 Å². The molecule has 4 heteroatoms. The first kappa shape index (κ1) is 15.8. The summed E-state index contributed by atoms with van der Waals surface area (Å²) in [5.74, 6) is 0.725. The van der Waals surface area contributed by atoms with Gasteiger partial charge in [0.25, 0.3) is 0 Å². The molecule has 1 aromatic rings. The van der Waals surface area contributed by atoms with Gasteiger partial charge in [-0.1, -0.05) is 15.9 Å². The van der Waals surface area contributed by atoms with Gasteiger partial charge in [-0.3, -0.25) is 0 Å². The highest BCUT2D eigenvalue weighted by atomic mass is 79.9. The highest BCUT2D eigenvalue weighted by Crippen LogP contribution is 2.41. The van der Waals surface area contributed by atoms with E-state index in [0.717, 1.165) is 22.2 Å². The zero-order valence-corrected chi connectivity index (χ0v) is 14.3. The van der Waals surface area contributed by atoms with Crippen molar-refractivity contribution in [3.8, 4) is 5.75 Å². The van der Waals surface area contributed by atoms with E-state index in [1.165, 1.54) is 0 Å². The Balaban J connectivity index is 2.27. The summed E-state index contributed by atoms with van der Waals surface area (Å²) >= 11 is 3.43. The molecule has 0 radical (unpaired) electrons. The first-order valence-corrected chi connectivity index (χ1v) is 7.74. The molecule has 0 amide bonds. The second kappa shape index (κ2) is 5.32. The van der Waals surface area contributed by atoms with Crippen molar-refractivity contribution in [2.24, 2.45) is 0 Å². The van der Waals surface area contributed by atoms with E-state index in [-0.39, 0.29) is 17.3 Å². The average Bonchev–Trinajstić information content (AvgIpc) is 2.48. The van der Waals surface area contributed by atoms with Crippen molar-refractivity contribution in [1.29, 1.82) is 0 Å². The average molecular weight is 343 g/mol. The fourth-order valence-corrected chi connectivity index (χ4v) is 3.18. The van der Waals surface area contributed by atoms with Crippen molar-refractivity contribution in [3.63, 3.8) is 0 Å². The topological polar surface area (TPSA) is 38.7 Å². The number of ether oxygens (including phenoxy) is 2. The molecule has 112 valence electrons. The van der Waals surface area contributed by atoms with Gasteiger partial charge in [0.15, 0.2) is 0 Å². The quantitative estimate of drug-likeness (QED) is 0.893. The first-order chi connectivity index (χ1) is 9.11. The minimum absolute atomic E-state index is 0.0313. The Morgan fingerprint density at radius 3 is 2.50 bits per heavy atom. The number of benzene rings is 1. The van der Waals surface area contributed by atoms with Gasteiger partial charge in [0, 0.05) is 16.5 Å². The fraction of sp³-hybridized carbons (Fsp3) is 0.625. The van der Waals surface area contributed by atoms with Crippen molar-refractivity contribution in [2.45, 2.75) is 64.4 Å². The van der Waals surface area contributed by atoms with E-state index >= 15 is 0 Å². The zero-order chi connectivity index (χ0) is 15.1. The second-order valence-electron chi connectivity index (χ2n) is 6.63. The molecule has 0 aromatic heterocycles. The molecule has 1 fully saturated rings. The van der Waals surface area contributed by atoms with Crippen LogP contribution in [0, 0.1) is 0 Å². The molecule has 0 bridgehead atoms. The Morgan fingerprint density at radius 1 is 1.35 bits per heavy atom. The molecule has 20 heavy (non-hydrogen) atoms. The van der Waals surface area contributed by atoms with Gasteiger partial charge < -0.3 is 14.6 Å². The van der Waals surface area contributed by atoms with Gasteiger partial charge in [0.05, 0.1) is 11.7 Å². The molecular weight excluding hydrogens is 320 g/mol. The summed E-state index contributed by atoms with van der Waals surface area (Å²) in [5, 5.41) is 9.90. The van der Waals surface area contributed by atoms with Crippen LogP contribution in [0.5, 0.6) is 5.75 Å². The number of hydrogen-bond donors (Lipinski definition) is 1. The van der Waals surface area contributed by atoms with Crippen LogP contribution in [-0.2, 0) is 4.74 Å². The van der Waals surface area contributed by atoms with Crippen LogP contribution in [0.3, 0.4) is 0 Å². The van der Waals surface area contributed by atoms with E-state index in [0.29, 0.717) is 0 Å². The third-order valence-electron chi connectivity index (χ3n) is 3.68. The van der Waals surface area contributed by atoms with E-state index in [4.69, 9.17) is 9.47 Å². The molecule has 2 rings (SSSR count). The smallest absolute Gasteiger partial charge is 0.130 e. The molecule has 2 atom stereocenters.